The van der Waals surface area contributed by atoms with Gasteiger partial charge in [-0.3, -0.25) is 4.79 Å². The van der Waals surface area contributed by atoms with Crippen LogP contribution in [0, 0.1) is 5.82 Å². The predicted molar refractivity (Wildman–Crippen MR) is 112 cm³/mol. The minimum Gasteiger partial charge on any atom is -0.493 e. The van der Waals surface area contributed by atoms with Crippen molar-refractivity contribution in [3.05, 3.63) is 64.9 Å². The van der Waals surface area contributed by atoms with E-state index in [0.717, 1.165) is 5.56 Å². The molecular formula is C22H23FN2O3S. The average molecular weight is 415 g/mol. The van der Waals surface area contributed by atoms with Crippen LogP contribution >= 0.6 is 11.3 Å². The first-order chi connectivity index (χ1) is 13.9. The highest BCUT2D eigenvalue weighted by Gasteiger charge is 2.18. The minimum atomic E-state index is -0.311. The van der Waals surface area contributed by atoms with E-state index in [1.807, 2.05) is 19.9 Å². The molecule has 0 atom stereocenters. The number of aromatic nitrogens is 1. The summed E-state index contributed by atoms with van der Waals surface area (Å²) in [5.74, 6) is 0.599. The quantitative estimate of drug-likeness (QED) is 0.545. The second-order valence-electron chi connectivity index (χ2n) is 6.79. The zero-order chi connectivity index (χ0) is 21.0. The Kier molecular flexibility index (Phi) is 6.49. The minimum absolute atomic E-state index is 0.0960. The third-order valence-corrected chi connectivity index (χ3v) is 5.46. The third-order valence-electron chi connectivity index (χ3n) is 4.57. The van der Waals surface area contributed by atoms with Gasteiger partial charge >= 0.3 is 0 Å². The maximum atomic E-state index is 13.8. The standard InChI is InChI=1S/C22H23FN2O3S/c1-14(2)25(3)22(26)18-13-29-21(24-18)15-9-10-19(20(11-15)27-4)28-12-16-7-5-6-8-17(16)23/h5-11,13-14H,12H2,1-4H3. The van der Waals surface area contributed by atoms with E-state index in [0.29, 0.717) is 27.8 Å². The summed E-state index contributed by atoms with van der Waals surface area (Å²) in [6, 6.07) is 12.0. The van der Waals surface area contributed by atoms with Gasteiger partial charge in [-0.05, 0) is 38.1 Å². The fraction of sp³-hybridized carbons (Fsp3) is 0.273. The Morgan fingerprint density at radius 3 is 2.66 bits per heavy atom. The first-order valence-corrected chi connectivity index (χ1v) is 10.1. The number of nitrogens with zero attached hydrogens (tertiary/aromatic N) is 2. The average Bonchev–Trinajstić information content (AvgIpc) is 3.22. The van der Waals surface area contributed by atoms with Gasteiger partial charge in [0, 0.05) is 29.6 Å². The van der Waals surface area contributed by atoms with Crippen molar-refractivity contribution in [1.82, 2.24) is 9.88 Å². The van der Waals surface area contributed by atoms with Crippen molar-refractivity contribution in [2.24, 2.45) is 0 Å². The summed E-state index contributed by atoms with van der Waals surface area (Å²) >= 11 is 1.39. The summed E-state index contributed by atoms with van der Waals surface area (Å²) in [5.41, 5.74) is 1.70. The zero-order valence-corrected chi connectivity index (χ0v) is 17.6. The summed E-state index contributed by atoms with van der Waals surface area (Å²) in [6.07, 6.45) is 0. The van der Waals surface area contributed by atoms with E-state index in [4.69, 9.17) is 9.47 Å². The second-order valence-corrected chi connectivity index (χ2v) is 7.65. The van der Waals surface area contributed by atoms with E-state index in [2.05, 4.69) is 4.98 Å². The summed E-state index contributed by atoms with van der Waals surface area (Å²) in [5, 5.41) is 2.47. The zero-order valence-electron chi connectivity index (χ0n) is 16.8. The van der Waals surface area contributed by atoms with Crippen LogP contribution in [0.3, 0.4) is 0 Å². The third kappa shape index (κ3) is 4.74. The molecule has 7 heteroatoms. The Balaban J connectivity index is 1.78. The van der Waals surface area contributed by atoms with Crippen LogP contribution < -0.4 is 9.47 Å². The van der Waals surface area contributed by atoms with Crippen molar-refractivity contribution in [2.45, 2.75) is 26.5 Å². The molecule has 0 aliphatic carbocycles. The van der Waals surface area contributed by atoms with E-state index in [9.17, 15) is 9.18 Å². The molecule has 0 radical (unpaired) electrons. The van der Waals surface area contributed by atoms with Gasteiger partial charge in [-0.25, -0.2) is 9.37 Å². The van der Waals surface area contributed by atoms with Crippen molar-refractivity contribution in [3.63, 3.8) is 0 Å². The molecule has 1 aromatic heterocycles. The Hall–Kier alpha value is -2.93. The highest BCUT2D eigenvalue weighted by Crippen LogP contribution is 2.34. The number of hydrogen-bond acceptors (Lipinski definition) is 5. The highest BCUT2D eigenvalue weighted by atomic mass is 32.1. The molecule has 2 aromatic carbocycles. The monoisotopic (exact) mass is 414 g/mol. The van der Waals surface area contributed by atoms with Gasteiger partial charge in [0.1, 0.15) is 23.1 Å². The number of amides is 1. The molecule has 1 heterocycles. The molecule has 5 nitrogen and oxygen atoms in total. The molecule has 0 aliphatic heterocycles. The van der Waals surface area contributed by atoms with E-state index in [-0.39, 0.29) is 24.4 Å². The van der Waals surface area contributed by atoms with Crippen molar-refractivity contribution in [3.8, 4) is 22.1 Å². The van der Waals surface area contributed by atoms with Crippen LogP contribution in [0.15, 0.2) is 47.8 Å². The Morgan fingerprint density at radius 2 is 1.97 bits per heavy atom. The van der Waals surface area contributed by atoms with Crippen molar-refractivity contribution >= 4 is 17.2 Å². The molecule has 0 unspecified atom stereocenters. The Labute approximate surface area is 173 Å². The molecule has 0 bridgehead atoms. The van der Waals surface area contributed by atoms with E-state index < -0.39 is 0 Å². The van der Waals surface area contributed by atoms with Gasteiger partial charge in [-0.15, -0.1) is 11.3 Å². The number of halogens is 1. The number of ether oxygens (including phenoxy) is 2. The molecule has 0 aliphatic rings. The van der Waals surface area contributed by atoms with Crippen molar-refractivity contribution in [2.75, 3.05) is 14.2 Å². The normalized spacial score (nSPS) is 10.8. The lowest BCUT2D eigenvalue weighted by atomic mass is 10.2. The smallest absolute Gasteiger partial charge is 0.273 e. The van der Waals surface area contributed by atoms with Crippen LogP contribution in [0.1, 0.15) is 29.9 Å². The molecule has 3 aromatic rings. The van der Waals surface area contributed by atoms with Gasteiger partial charge in [-0.1, -0.05) is 18.2 Å². The van der Waals surface area contributed by atoms with Gasteiger partial charge in [0.05, 0.1) is 7.11 Å². The summed E-state index contributed by atoms with van der Waals surface area (Å²) < 4.78 is 25.0. The SMILES string of the molecule is COc1cc(-c2nc(C(=O)N(C)C(C)C)cs2)ccc1OCc1ccccc1F. The molecule has 152 valence electrons. The summed E-state index contributed by atoms with van der Waals surface area (Å²) in [6.45, 7) is 4.01. The molecule has 0 saturated heterocycles. The first kappa shape index (κ1) is 20.8. The lowest BCUT2D eigenvalue weighted by molar-refractivity contribution is 0.0750. The van der Waals surface area contributed by atoms with E-state index in [1.54, 1.807) is 54.8 Å². The topological polar surface area (TPSA) is 51.7 Å². The van der Waals surface area contributed by atoms with E-state index >= 15 is 0 Å². The molecule has 0 fully saturated rings. The van der Waals surface area contributed by atoms with Crippen LogP contribution in [0.25, 0.3) is 10.6 Å². The number of benzene rings is 2. The van der Waals surface area contributed by atoms with Crippen LogP contribution in [0.2, 0.25) is 0 Å². The van der Waals surface area contributed by atoms with Gasteiger partial charge in [0.25, 0.3) is 5.91 Å². The molecule has 29 heavy (non-hydrogen) atoms. The second kappa shape index (κ2) is 9.05. The fourth-order valence-electron chi connectivity index (χ4n) is 2.61. The first-order valence-electron chi connectivity index (χ1n) is 9.18. The molecule has 0 spiro atoms. The van der Waals surface area contributed by atoms with E-state index in [1.165, 1.54) is 17.4 Å². The van der Waals surface area contributed by atoms with Gasteiger partial charge in [0.2, 0.25) is 0 Å². The lowest BCUT2D eigenvalue weighted by Crippen LogP contribution is -2.33. The molecule has 0 saturated carbocycles. The maximum Gasteiger partial charge on any atom is 0.273 e. The lowest BCUT2D eigenvalue weighted by Gasteiger charge is -2.20. The van der Waals surface area contributed by atoms with Crippen LogP contribution in [-0.2, 0) is 6.61 Å². The highest BCUT2D eigenvalue weighted by molar-refractivity contribution is 7.13. The fourth-order valence-corrected chi connectivity index (χ4v) is 3.40. The van der Waals surface area contributed by atoms with Gasteiger partial charge < -0.3 is 14.4 Å². The summed E-state index contributed by atoms with van der Waals surface area (Å²) in [4.78, 5) is 18.6. The van der Waals surface area contributed by atoms with Gasteiger partial charge in [0.15, 0.2) is 11.5 Å². The van der Waals surface area contributed by atoms with Crippen LogP contribution in [0.5, 0.6) is 11.5 Å². The Bertz CT molecular complexity index is 1000. The van der Waals surface area contributed by atoms with Crippen LogP contribution in [0.4, 0.5) is 4.39 Å². The van der Waals surface area contributed by atoms with Crippen LogP contribution in [-0.4, -0.2) is 36.0 Å². The molecule has 0 N–H and O–H groups in total. The number of hydrogen-bond donors (Lipinski definition) is 0. The predicted octanol–water partition coefficient (Wildman–Crippen LogP) is 5.02. The molecular weight excluding hydrogens is 391 g/mol. The number of carbonyl (C=O) groups is 1. The number of rotatable bonds is 7. The number of methoxy groups -OCH3 is 1. The van der Waals surface area contributed by atoms with Crippen molar-refractivity contribution in [1.29, 1.82) is 0 Å². The molecule has 3 rings (SSSR count). The molecule has 1 amide bonds. The van der Waals surface area contributed by atoms with Crippen molar-refractivity contribution < 1.29 is 18.7 Å². The summed E-state index contributed by atoms with van der Waals surface area (Å²) in [7, 11) is 3.31. The maximum absolute atomic E-state index is 13.8. The van der Waals surface area contributed by atoms with Gasteiger partial charge in [-0.2, -0.15) is 0 Å². The largest absolute Gasteiger partial charge is 0.493 e. The number of thiazole rings is 1. The number of carbonyl (C=O) groups excluding carboxylic acids is 1. The Morgan fingerprint density at radius 1 is 1.21 bits per heavy atom.